The fourth-order valence-corrected chi connectivity index (χ4v) is 1.98. The van der Waals surface area contributed by atoms with E-state index in [9.17, 15) is 18.0 Å². The Kier molecular flexibility index (Phi) is 5.97. The van der Waals surface area contributed by atoms with Crippen molar-refractivity contribution < 1.29 is 22.7 Å². The zero-order chi connectivity index (χ0) is 17.6. The minimum absolute atomic E-state index is 0.243. The molecule has 1 heterocycles. The minimum atomic E-state index is -4.45. The average Bonchev–Trinajstić information content (AvgIpc) is 2.55. The van der Waals surface area contributed by atoms with Crippen LogP contribution in [0.1, 0.15) is 6.92 Å². The van der Waals surface area contributed by atoms with Crippen molar-refractivity contribution in [3.05, 3.63) is 36.4 Å². The number of alkyl halides is 3. The molecule has 24 heavy (non-hydrogen) atoms. The van der Waals surface area contributed by atoms with E-state index in [1.807, 2.05) is 36.4 Å². The van der Waals surface area contributed by atoms with E-state index >= 15 is 0 Å². The maximum Gasteiger partial charge on any atom is 0.411 e. The first kappa shape index (κ1) is 18.0. The van der Waals surface area contributed by atoms with Crippen LogP contribution >= 0.6 is 0 Å². The second-order valence-electron chi connectivity index (χ2n) is 5.18. The lowest BCUT2D eigenvalue weighted by molar-refractivity contribution is -0.185. The van der Waals surface area contributed by atoms with Gasteiger partial charge in [-0.3, -0.25) is 4.79 Å². The maximum atomic E-state index is 12.0. The number of halogens is 3. The maximum absolute atomic E-state index is 12.0. The highest BCUT2D eigenvalue weighted by atomic mass is 19.4. The molecule has 8 heteroatoms. The average molecular weight is 341 g/mol. The highest BCUT2D eigenvalue weighted by molar-refractivity contribution is 5.80. The van der Waals surface area contributed by atoms with E-state index in [4.69, 9.17) is 0 Å². The van der Waals surface area contributed by atoms with Crippen molar-refractivity contribution in [2.24, 2.45) is 0 Å². The molecule has 1 amide bonds. The van der Waals surface area contributed by atoms with Crippen LogP contribution in [0.15, 0.2) is 36.4 Å². The number of benzene rings is 1. The van der Waals surface area contributed by atoms with Gasteiger partial charge in [-0.05, 0) is 25.1 Å². The third kappa shape index (κ3) is 5.69. The van der Waals surface area contributed by atoms with Gasteiger partial charge >= 0.3 is 6.18 Å². The molecule has 0 saturated heterocycles. The van der Waals surface area contributed by atoms with E-state index in [0.29, 0.717) is 12.4 Å². The third-order valence-electron chi connectivity index (χ3n) is 3.19. The van der Waals surface area contributed by atoms with Crippen LogP contribution in [0, 0.1) is 0 Å². The summed E-state index contributed by atoms with van der Waals surface area (Å²) in [5, 5.41) is 6.57. The van der Waals surface area contributed by atoms with Crippen molar-refractivity contribution in [1.82, 2.24) is 10.3 Å². The first-order valence-corrected chi connectivity index (χ1v) is 7.41. The van der Waals surface area contributed by atoms with Gasteiger partial charge < -0.3 is 15.4 Å². The topological polar surface area (TPSA) is 63.2 Å². The van der Waals surface area contributed by atoms with E-state index in [0.717, 1.165) is 10.9 Å². The molecule has 2 N–H and O–H groups in total. The summed E-state index contributed by atoms with van der Waals surface area (Å²) in [4.78, 5) is 16.0. The van der Waals surface area contributed by atoms with Crippen molar-refractivity contribution in [1.29, 1.82) is 0 Å². The molecule has 0 aliphatic carbocycles. The third-order valence-corrected chi connectivity index (χ3v) is 3.19. The number of para-hydroxylation sites is 1. The number of hydrogen-bond acceptors (Lipinski definition) is 4. The second kappa shape index (κ2) is 7.96. The number of rotatable bonds is 7. The van der Waals surface area contributed by atoms with Crippen LogP contribution < -0.4 is 10.6 Å². The lowest BCUT2D eigenvalue weighted by Gasteiger charge is -2.15. The molecule has 0 fully saturated rings. The molecule has 0 aliphatic rings. The number of carbonyl (C=O) groups is 1. The monoisotopic (exact) mass is 341 g/mol. The van der Waals surface area contributed by atoms with Gasteiger partial charge in [0.05, 0.1) is 5.52 Å². The number of hydrogen-bond donors (Lipinski definition) is 2. The summed E-state index contributed by atoms with van der Waals surface area (Å²) in [7, 11) is 0. The number of pyridine rings is 1. The number of fused-ring (bicyclic) bond motifs is 1. The molecule has 0 radical (unpaired) electrons. The molecule has 130 valence electrons. The zero-order valence-electron chi connectivity index (χ0n) is 13.1. The number of nitrogens with one attached hydrogen (secondary N) is 2. The van der Waals surface area contributed by atoms with Gasteiger partial charge in [0.25, 0.3) is 0 Å². The molecule has 0 spiro atoms. The number of carbonyl (C=O) groups excluding carboxylic acids is 1. The Morgan fingerprint density at radius 1 is 1.21 bits per heavy atom. The van der Waals surface area contributed by atoms with Gasteiger partial charge in [0.15, 0.2) is 0 Å². The molecular weight excluding hydrogens is 323 g/mol. The van der Waals surface area contributed by atoms with Crippen LogP contribution in [-0.4, -0.2) is 42.9 Å². The molecule has 1 aromatic heterocycles. The van der Waals surface area contributed by atoms with Crippen molar-refractivity contribution in [3.63, 3.8) is 0 Å². The van der Waals surface area contributed by atoms with Crippen molar-refractivity contribution >= 4 is 22.6 Å². The number of aromatic nitrogens is 1. The standard InChI is InChI=1S/C16H18F3N3O2/c1-11(24-10-16(17,18)19)15(23)21-9-8-20-14-7-6-12-4-2-3-5-13(12)22-14/h2-7,11H,8-10H2,1H3,(H,20,22)(H,21,23)/t11-/m1/s1. The lowest BCUT2D eigenvalue weighted by Crippen LogP contribution is -2.38. The lowest BCUT2D eigenvalue weighted by atomic mass is 10.2. The number of amides is 1. The number of nitrogens with zero attached hydrogens (tertiary/aromatic N) is 1. The summed E-state index contributed by atoms with van der Waals surface area (Å²) in [6, 6.07) is 11.4. The summed E-state index contributed by atoms with van der Waals surface area (Å²) in [5.74, 6) is 0.0665. The Morgan fingerprint density at radius 2 is 1.96 bits per heavy atom. The van der Waals surface area contributed by atoms with E-state index < -0.39 is 24.8 Å². The Bertz CT molecular complexity index is 692. The molecule has 0 saturated carbocycles. The van der Waals surface area contributed by atoms with Crippen LogP contribution in [0.3, 0.4) is 0 Å². The summed E-state index contributed by atoms with van der Waals surface area (Å²) < 4.78 is 40.5. The molecular formula is C16H18F3N3O2. The van der Waals surface area contributed by atoms with E-state index in [1.54, 1.807) is 0 Å². The Morgan fingerprint density at radius 3 is 2.71 bits per heavy atom. The van der Waals surface area contributed by atoms with Gasteiger partial charge in [-0.2, -0.15) is 13.2 Å². The van der Waals surface area contributed by atoms with Crippen molar-refractivity contribution in [2.45, 2.75) is 19.2 Å². The molecule has 0 aliphatic heterocycles. The van der Waals surface area contributed by atoms with Crippen LogP contribution in [0.2, 0.25) is 0 Å². The predicted octanol–water partition coefficient (Wildman–Crippen LogP) is 2.73. The largest absolute Gasteiger partial charge is 0.411 e. The Labute approximate surface area is 137 Å². The summed E-state index contributed by atoms with van der Waals surface area (Å²) in [6.45, 7) is 0.469. The summed E-state index contributed by atoms with van der Waals surface area (Å²) in [6.07, 6.45) is -5.61. The van der Waals surface area contributed by atoms with E-state index in [-0.39, 0.29) is 6.54 Å². The SMILES string of the molecule is C[C@@H](OCC(F)(F)F)C(=O)NCCNc1ccc2ccccc2n1. The first-order chi connectivity index (χ1) is 11.3. The van der Waals surface area contributed by atoms with Crippen LogP contribution in [-0.2, 0) is 9.53 Å². The van der Waals surface area contributed by atoms with Crippen LogP contribution in [0.5, 0.6) is 0 Å². The fraction of sp³-hybridized carbons (Fsp3) is 0.375. The molecule has 2 aromatic rings. The zero-order valence-corrected chi connectivity index (χ0v) is 13.1. The van der Waals surface area contributed by atoms with Crippen LogP contribution in [0.4, 0.5) is 19.0 Å². The minimum Gasteiger partial charge on any atom is -0.368 e. The smallest absolute Gasteiger partial charge is 0.368 e. The van der Waals surface area contributed by atoms with Gasteiger partial charge in [0.1, 0.15) is 18.5 Å². The second-order valence-corrected chi connectivity index (χ2v) is 5.18. The van der Waals surface area contributed by atoms with Gasteiger partial charge in [-0.25, -0.2) is 4.98 Å². The van der Waals surface area contributed by atoms with Crippen molar-refractivity contribution in [3.8, 4) is 0 Å². The molecule has 2 rings (SSSR count). The van der Waals surface area contributed by atoms with E-state index in [2.05, 4.69) is 20.4 Å². The Balaban J connectivity index is 1.72. The molecule has 1 aromatic carbocycles. The summed E-state index contributed by atoms with van der Waals surface area (Å²) in [5.41, 5.74) is 0.848. The van der Waals surface area contributed by atoms with Gasteiger partial charge in [-0.1, -0.05) is 18.2 Å². The van der Waals surface area contributed by atoms with Crippen LogP contribution in [0.25, 0.3) is 10.9 Å². The molecule has 1 atom stereocenters. The highest BCUT2D eigenvalue weighted by Crippen LogP contribution is 2.15. The molecule has 0 bridgehead atoms. The normalized spacial score (nSPS) is 12.8. The van der Waals surface area contributed by atoms with Crippen molar-refractivity contribution in [2.75, 3.05) is 25.0 Å². The predicted molar refractivity (Wildman–Crippen MR) is 84.7 cm³/mol. The molecule has 5 nitrogen and oxygen atoms in total. The van der Waals surface area contributed by atoms with Gasteiger partial charge in [0.2, 0.25) is 5.91 Å². The molecule has 0 unspecified atom stereocenters. The number of anilines is 1. The Hall–Kier alpha value is -2.35. The van der Waals surface area contributed by atoms with Gasteiger partial charge in [-0.15, -0.1) is 0 Å². The fourth-order valence-electron chi connectivity index (χ4n) is 1.98. The summed E-state index contributed by atoms with van der Waals surface area (Å²) >= 11 is 0. The van der Waals surface area contributed by atoms with E-state index in [1.165, 1.54) is 6.92 Å². The quantitative estimate of drug-likeness (QED) is 0.760. The highest BCUT2D eigenvalue weighted by Gasteiger charge is 2.29. The number of ether oxygens (including phenoxy) is 1. The van der Waals surface area contributed by atoms with Gasteiger partial charge in [0, 0.05) is 18.5 Å². The first-order valence-electron chi connectivity index (χ1n) is 7.41.